The largest absolute Gasteiger partial charge is 0.494 e. The molecule has 1 aromatic carbocycles. The predicted octanol–water partition coefficient (Wildman–Crippen LogP) is 2.37. The van der Waals surface area contributed by atoms with Crippen molar-refractivity contribution in [3.8, 4) is 5.75 Å². The Hall–Kier alpha value is -1.84. The summed E-state index contributed by atoms with van der Waals surface area (Å²) in [6, 6.07) is 9.86. The van der Waals surface area contributed by atoms with E-state index in [0.29, 0.717) is 13.2 Å². The van der Waals surface area contributed by atoms with Gasteiger partial charge in [-0.05, 0) is 31.4 Å². The molecule has 1 aromatic heterocycles. The van der Waals surface area contributed by atoms with Gasteiger partial charge in [-0.2, -0.15) is 0 Å². The van der Waals surface area contributed by atoms with E-state index in [1.54, 1.807) is 7.05 Å². The summed E-state index contributed by atoms with van der Waals surface area (Å²) in [7, 11) is 1.77. The summed E-state index contributed by atoms with van der Waals surface area (Å²) in [6.45, 7) is 3.12. The van der Waals surface area contributed by atoms with Crippen LogP contribution < -0.4 is 15.4 Å². The van der Waals surface area contributed by atoms with Crippen LogP contribution in [0.2, 0.25) is 0 Å². The van der Waals surface area contributed by atoms with Crippen molar-refractivity contribution in [2.24, 2.45) is 4.99 Å². The zero-order chi connectivity index (χ0) is 17.3. The summed E-state index contributed by atoms with van der Waals surface area (Å²) in [5, 5.41) is 15.2. The Morgan fingerprint density at radius 2 is 2.04 bits per heavy atom. The first-order valence-electron chi connectivity index (χ1n) is 8.90. The van der Waals surface area contributed by atoms with Crippen molar-refractivity contribution < 1.29 is 4.74 Å². The molecule has 0 amide bonds. The SMILES string of the molecule is CN=C(NCCCOc1ccccc1)NCc1nnc2n1CCCC2.I. The minimum absolute atomic E-state index is 0. The number of aromatic nitrogens is 3. The lowest BCUT2D eigenvalue weighted by Gasteiger charge is -2.16. The smallest absolute Gasteiger partial charge is 0.191 e. The quantitative estimate of drug-likeness (QED) is 0.281. The van der Waals surface area contributed by atoms with Gasteiger partial charge in [0.15, 0.2) is 11.8 Å². The Kier molecular flexibility index (Phi) is 8.66. The van der Waals surface area contributed by atoms with E-state index in [2.05, 4.69) is 30.4 Å². The second-order valence-electron chi connectivity index (χ2n) is 6.01. The number of para-hydroxylation sites is 1. The van der Waals surface area contributed by atoms with Crippen molar-refractivity contribution in [3.63, 3.8) is 0 Å². The Labute approximate surface area is 171 Å². The van der Waals surface area contributed by atoms with E-state index in [1.165, 1.54) is 12.8 Å². The lowest BCUT2D eigenvalue weighted by molar-refractivity contribution is 0.311. The molecule has 2 aromatic rings. The second-order valence-corrected chi connectivity index (χ2v) is 6.01. The minimum Gasteiger partial charge on any atom is -0.494 e. The molecule has 0 bridgehead atoms. The van der Waals surface area contributed by atoms with Gasteiger partial charge in [-0.25, -0.2) is 0 Å². The molecule has 0 spiro atoms. The van der Waals surface area contributed by atoms with Crippen LogP contribution >= 0.6 is 24.0 Å². The third-order valence-corrected chi connectivity index (χ3v) is 4.20. The third kappa shape index (κ3) is 5.86. The molecule has 142 valence electrons. The Bertz CT molecular complexity index is 688. The first-order chi connectivity index (χ1) is 12.4. The van der Waals surface area contributed by atoms with E-state index in [0.717, 1.165) is 49.3 Å². The fourth-order valence-electron chi connectivity index (χ4n) is 2.87. The van der Waals surface area contributed by atoms with Crippen LogP contribution in [0.1, 0.15) is 30.9 Å². The molecule has 0 aliphatic carbocycles. The number of halogens is 1. The molecule has 7 nitrogen and oxygen atoms in total. The van der Waals surface area contributed by atoms with Crippen LogP contribution in [0.4, 0.5) is 0 Å². The van der Waals surface area contributed by atoms with Crippen LogP contribution in [0.3, 0.4) is 0 Å². The molecule has 8 heteroatoms. The number of aliphatic imine (C=N–C) groups is 1. The number of guanidine groups is 1. The predicted molar refractivity (Wildman–Crippen MR) is 113 cm³/mol. The first kappa shape index (κ1) is 20.5. The molecular weight excluding hydrogens is 443 g/mol. The molecule has 1 aliphatic heterocycles. The molecule has 0 saturated heterocycles. The van der Waals surface area contributed by atoms with Crippen LogP contribution in [-0.2, 0) is 19.5 Å². The molecule has 1 aliphatic rings. The summed E-state index contributed by atoms with van der Waals surface area (Å²) in [5.41, 5.74) is 0. The second kappa shape index (κ2) is 11.0. The maximum Gasteiger partial charge on any atom is 0.191 e. The molecule has 0 radical (unpaired) electrons. The lowest BCUT2D eigenvalue weighted by atomic mass is 10.2. The highest BCUT2D eigenvalue weighted by atomic mass is 127. The highest BCUT2D eigenvalue weighted by Gasteiger charge is 2.15. The van der Waals surface area contributed by atoms with E-state index in [9.17, 15) is 0 Å². The van der Waals surface area contributed by atoms with Crippen LogP contribution in [0, 0.1) is 0 Å². The van der Waals surface area contributed by atoms with Gasteiger partial charge in [0, 0.05) is 26.6 Å². The number of hydrogen-bond acceptors (Lipinski definition) is 4. The third-order valence-electron chi connectivity index (χ3n) is 4.20. The number of aryl methyl sites for hydroxylation is 1. The molecule has 3 rings (SSSR count). The van der Waals surface area contributed by atoms with Gasteiger partial charge in [-0.3, -0.25) is 4.99 Å². The van der Waals surface area contributed by atoms with Gasteiger partial charge < -0.3 is 19.9 Å². The van der Waals surface area contributed by atoms with E-state index in [4.69, 9.17) is 4.74 Å². The Morgan fingerprint density at radius 3 is 2.85 bits per heavy atom. The van der Waals surface area contributed by atoms with Crippen LogP contribution in [0.5, 0.6) is 5.75 Å². The topological polar surface area (TPSA) is 76.4 Å². The van der Waals surface area contributed by atoms with Gasteiger partial charge in [0.25, 0.3) is 0 Å². The van der Waals surface area contributed by atoms with Gasteiger partial charge in [0.1, 0.15) is 11.6 Å². The monoisotopic (exact) mass is 470 g/mol. The molecule has 26 heavy (non-hydrogen) atoms. The Balaban J connectivity index is 0.00000243. The molecule has 2 heterocycles. The van der Waals surface area contributed by atoms with Crippen molar-refractivity contribution in [2.45, 2.75) is 38.8 Å². The number of fused-ring (bicyclic) bond motifs is 1. The van der Waals surface area contributed by atoms with Crippen molar-refractivity contribution in [3.05, 3.63) is 42.0 Å². The van der Waals surface area contributed by atoms with Gasteiger partial charge >= 0.3 is 0 Å². The molecule has 0 unspecified atom stereocenters. The maximum absolute atomic E-state index is 5.68. The van der Waals surface area contributed by atoms with E-state index >= 15 is 0 Å². The summed E-state index contributed by atoms with van der Waals surface area (Å²) in [4.78, 5) is 4.25. The molecule has 0 atom stereocenters. The van der Waals surface area contributed by atoms with Crippen molar-refractivity contribution in [1.29, 1.82) is 0 Å². The van der Waals surface area contributed by atoms with Crippen LogP contribution in [0.15, 0.2) is 35.3 Å². The van der Waals surface area contributed by atoms with Gasteiger partial charge in [-0.1, -0.05) is 18.2 Å². The highest BCUT2D eigenvalue weighted by Crippen LogP contribution is 2.13. The number of rotatable bonds is 7. The molecular formula is C18H27IN6O. The van der Waals surface area contributed by atoms with Gasteiger partial charge in [0.2, 0.25) is 0 Å². The summed E-state index contributed by atoms with van der Waals surface area (Å²) in [6.07, 6.45) is 4.34. The summed E-state index contributed by atoms with van der Waals surface area (Å²) < 4.78 is 7.90. The summed E-state index contributed by atoms with van der Waals surface area (Å²) >= 11 is 0. The number of benzene rings is 1. The van der Waals surface area contributed by atoms with Crippen LogP contribution in [-0.4, -0.2) is 40.9 Å². The number of hydrogen-bond donors (Lipinski definition) is 2. The average molecular weight is 470 g/mol. The normalized spacial score (nSPS) is 13.5. The zero-order valence-corrected chi connectivity index (χ0v) is 17.5. The fraction of sp³-hybridized carbons (Fsp3) is 0.500. The van der Waals surface area contributed by atoms with Gasteiger partial charge in [0.05, 0.1) is 13.2 Å². The van der Waals surface area contributed by atoms with E-state index in [-0.39, 0.29) is 24.0 Å². The highest BCUT2D eigenvalue weighted by molar-refractivity contribution is 14.0. The minimum atomic E-state index is 0. The fourth-order valence-corrected chi connectivity index (χ4v) is 2.87. The summed E-state index contributed by atoms with van der Waals surface area (Å²) in [5.74, 6) is 3.75. The number of ether oxygens (including phenoxy) is 1. The van der Waals surface area contributed by atoms with Crippen molar-refractivity contribution in [2.75, 3.05) is 20.2 Å². The van der Waals surface area contributed by atoms with Crippen molar-refractivity contribution >= 4 is 29.9 Å². The standard InChI is InChI=1S/C18H26N6O.HI/c1-19-18(20-11-7-13-25-15-8-3-2-4-9-15)21-14-17-23-22-16-10-5-6-12-24(16)17;/h2-4,8-9H,5-7,10-14H2,1H3,(H2,19,20,21);1H. The van der Waals surface area contributed by atoms with E-state index < -0.39 is 0 Å². The zero-order valence-electron chi connectivity index (χ0n) is 15.1. The lowest BCUT2D eigenvalue weighted by Crippen LogP contribution is -2.38. The van der Waals surface area contributed by atoms with Crippen molar-refractivity contribution in [1.82, 2.24) is 25.4 Å². The molecule has 0 fully saturated rings. The van der Waals surface area contributed by atoms with E-state index in [1.807, 2.05) is 30.3 Å². The molecule has 2 N–H and O–H groups in total. The molecule has 0 saturated carbocycles. The maximum atomic E-state index is 5.68. The van der Waals surface area contributed by atoms with Crippen LogP contribution in [0.25, 0.3) is 0 Å². The number of nitrogens with one attached hydrogen (secondary N) is 2. The van der Waals surface area contributed by atoms with Gasteiger partial charge in [-0.15, -0.1) is 34.2 Å². The Morgan fingerprint density at radius 1 is 1.19 bits per heavy atom. The number of nitrogens with zero attached hydrogens (tertiary/aromatic N) is 4. The first-order valence-corrected chi connectivity index (χ1v) is 8.90. The average Bonchev–Trinajstić information content (AvgIpc) is 3.08.